The summed E-state index contributed by atoms with van der Waals surface area (Å²) < 4.78 is 11.9. The molecular weight excluding hydrogens is 829 g/mol. The van der Waals surface area contributed by atoms with Crippen LogP contribution >= 0.6 is 0 Å². The summed E-state index contributed by atoms with van der Waals surface area (Å²) in [4.78, 5) is 25.8. The minimum atomic E-state index is -0.596. The van der Waals surface area contributed by atoms with Crippen molar-refractivity contribution >= 4 is 11.6 Å². The number of phenols is 5. The lowest BCUT2D eigenvalue weighted by Gasteiger charge is -2.27. The van der Waals surface area contributed by atoms with E-state index in [9.17, 15) is 35.1 Å². The first-order valence-electron chi connectivity index (χ1n) is 23.0. The van der Waals surface area contributed by atoms with Gasteiger partial charge in [-0.1, -0.05) is 100 Å². The molecule has 2 heterocycles. The highest BCUT2D eigenvalue weighted by Gasteiger charge is 2.34. The molecule has 0 aliphatic carbocycles. The largest absolute Gasteiger partial charge is 0.508 e. The number of carbonyl (C=O) groups is 2. The third kappa shape index (κ3) is 13.5. The second-order valence-electron chi connectivity index (χ2n) is 18.4. The maximum absolute atomic E-state index is 13.0. The molecule has 66 heavy (non-hydrogen) atoms. The van der Waals surface area contributed by atoms with Gasteiger partial charge in [-0.15, -0.1) is 0 Å². The van der Waals surface area contributed by atoms with Crippen LogP contribution in [0.25, 0.3) is 0 Å². The Morgan fingerprint density at radius 3 is 1.38 bits per heavy atom. The summed E-state index contributed by atoms with van der Waals surface area (Å²) in [6.07, 6.45) is 16.4. The van der Waals surface area contributed by atoms with Crippen molar-refractivity contribution in [3.63, 3.8) is 0 Å². The average Bonchev–Trinajstić information content (AvgIpc) is 3.24. The number of aryl methyl sites for hydroxylation is 2. The maximum atomic E-state index is 13.0. The number of benzene rings is 4. The summed E-state index contributed by atoms with van der Waals surface area (Å²) in [7, 11) is 0. The van der Waals surface area contributed by atoms with Crippen molar-refractivity contribution < 1.29 is 44.6 Å². The Morgan fingerprint density at radius 2 is 0.939 bits per heavy atom. The molecule has 6 rings (SSSR count). The number of aromatic hydroxyl groups is 5. The molecule has 0 saturated heterocycles. The number of fused-ring (bicyclic) bond motifs is 2. The van der Waals surface area contributed by atoms with Crippen LogP contribution in [0.2, 0.25) is 0 Å². The number of ketones is 2. The number of hydrogen-bond donors (Lipinski definition) is 5. The number of hydrogen-bond acceptors (Lipinski definition) is 9. The van der Waals surface area contributed by atoms with E-state index in [2.05, 4.69) is 52.8 Å². The maximum Gasteiger partial charge on any atom is 0.174 e. The summed E-state index contributed by atoms with van der Waals surface area (Å²) >= 11 is 0. The van der Waals surface area contributed by atoms with Crippen LogP contribution in [0.3, 0.4) is 0 Å². The fraction of sp³-hybridized carbons (Fsp3) is 0.368. The van der Waals surface area contributed by atoms with Crippen LogP contribution < -0.4 is 9.47 Å². The molecule has 0 spiro atoms. The lowest BCUT2D eigenvalue weighted by Crippen LogP contribution is -2.21. The Morgan fingerprint density at radius 1 is 0.530 bits per heavy atom. The van der Waals surface area contributed by atoms with Crippen LogP contribution in [0, 0.1) is 13.8 Å². The van der Waals surface area contributed by atoms with Crippen molar-refractivity contribution in [3.8, 4) is 40.2 Å². The van der Waals surface area contributed by atoms with E-state index in [4.69, 9.17) is 9.47 Å². The predicted octanol–water partition coefficient (Wildman–Crippen LogP) is 14.1. The SMILES string of the molecule is CC(C)=CCC/C(C)=C/CC/C(C)=C/Cc1c(O)cc2c(c1O)C(=O)C[C@@H](c1ccc(C)c(O)c1)O2.CC(C)=CCC/C(C)=C/Cc1c(O)cc2c(c1O)C(=O)C[C@@H](c1ccc(C)cc1)O2. The number of allylic oxidation sites excluding steroid dienone is 10. The van der Waals surface area contributed by atoms with Gasteiger partial charge in [-0.3, -0.25) is 9.59 Å². The molecule has 350 valence electrons. The van der Waals surface area contributed by atoms with E-state index >= 15 is 0 Å². The van der Waals surface area contributed by atoms with Crippen molar-refractivity contribution in [2.75, 3.05) is 0 Å². The van der Waals surface area contributed by atoms with Crippen LogP contribution in [0.5, 0.6) is 40.2 Å². The van der Waals surface area contributed by atoms with Crippen LogP contribution in [0.15, 0.2) is 113 Å². The first-order valence-corrected chi connectivity index (χ1v) is 23.0. The van der Waals surface area contributed by atoms with Gasteiger partial charge in [0.25, 0.3) is 0 Å². The van der Waals surface area contributed by atoms with E-state index in [1.54, 1.807) is 25.1 Å². The second-order valence-corrected chi connectivity index (χ2v) is 18.4. The molecule has 2 atom stereocenters. The highest BCUT2D eigenvalue weighted by atomic mass is 16.5. The highest BCUT2D eigenvalue weighted by Crippen LogP contribution is 2.46. The smallest absolute Gasteiger partial charge is 0.174 e. The van der Waals surface area contributed by atoms with E-state index in [-0.39, 0.29) is 75.8 Å². The first-order chi connectivity index (χ1) is 31.3. The van der Waals surface area contributed by atoms with E-state index in [1.165, 1.54) is 34.4 Å². The molecule has 9 nitrogen and oxygen atoms in total. The summed E-state index contributed by atoms with van der Waals surface area (Å²) in [5, 5.41) is 52.7. The molecule has 5 N–H and O–H groups in total. The molecule has 0 saturated carbocycles. The monoisotopic (exact) mass is 896 g/mol. The summed E-state index contributed by atoms with van der Waals surface area (Å²) in [6, 6.07) is 15.8. The molecular formula is C57H68O9. The number of ether oxygens (including phenoxy) is 2. The zero-order valence-corrected chi connectivity index (χ0v) is 40.2. The van der Waals surface area contributed by atoms with Gasteiger partial charge >= 0.3 is 0 Å². The van der Waals surface area contributed by atoms with Crippen molar-refractivity contribution in [1.82, 2.24) is 0 Å². The summed E-state index contributed by atoms with van der Waals surface area (Å²) in [6.45, 7) is 18.4. The Bertz CT molecular complexity index is 2560. The van der Waals surface area contributed by atoms with Gasteiger partial charge in [0.2, 0.25) is 0 Å². The minimum absolute atomic E-state index is 0.0431. The van der Waals surface area contributed by atoms with Crippen LogP contribution in [0.4, 0.5) is 0 Å². The van der Waals surface area contributed by atoms with Crippen molar-refractivity contribution in [1.29, 1.82) is 0 Å². The van der Waals surface area contributed by atoms with Crippen LogP contribution in [-0.4, -0.2) is 37.1 Å². The van der Waals surface area contributed by atoms with Gasteiger partial charge in [-0.05, 0) is 136 Å². The van der Waals surface area contributed by atoms with Crippen molar-refractivity contribution in [2.45, 2.75) is 139 Å². The van der Waals surface area contributed by atoms with Crippen molar-refractivity contribution in [3.05, 3.63) is 157 Å². The molecule has 0 unspecified atom stereocenters. The van der Waals surface area contributed by atoms with Crippen molar-refractivity contribution in [2.24, 2.45) is 0 Å². The Hall–Kier alpha value is -6.48. The molecule has 0 fully saturated rings. The lowest BCUT2D eigenvalue weighted by atomic mass is 9.92. The molecule has 4 aromatic rings. The van der Waals surface area contributed by atoms with Crippen LogP contribution in [0.1, 0.15) is 166 Å². The Kier molecular flexibility index (Phi) is 17.7. The fourth-order valence-corrected chi connectivity index (χ4v) is 7.96. The average molecular weight is 897 g/mol. The van der Waals surface area contributed by atoms with Gasteiger partial charge in [0.05, 0.1) is 12.8 Å². The molecule has 4 aromatic carbocycles. The van der Waals surface area contributed by atoms with E-state index in [0.29, 0.717) is 29.5 Å². The van der Waals surface area contributed by atoms with E-state index < -0.39 is 12.2 Å². The fourth-order valence-electron chi connectivity index (χ4n) is 7.96. The van der Waals surface area contributed by atoms with Gasteiger partial charge in [-0.25, -0.2) is 0 Å². The number of rotatable bonds is 15. The van der Waals surface area contributed by atoms with Gasteiger partial charge in [0.15, 0.2) is 11.6 Å². The van der Waals surface area contributed by atoms with Crippen LogP contribution in [-0.2, 0) is 12.8 Å². The van der Waals surface area contributed by atoms with E-state index in [1.807, 2.05) is 57.2 Å². The molecule has 9 heteroatoms. The zero-order valence-electron chi connectivity index (χ0n) is 40.2. The normalized spacial score (nSPS) is 16.0. The molecule has 0 amide bonds. The second kappa shape index (κ2) is 23.1. The lowest BCUT2D eigenvalue weighted by molar-refractivity contribution is 0.0834. The highest BCUT2D eigenvalue weighted by molar-refractivity contribution is 6.04. The Labute approximate surface area is 391 Å². The quantitative estimate of drug-likeness (QED) is 0.0734. The minimum Gasteiger partial charge on any atom is -0.508 e. The summed E-state index contributed by atoms with van der Waals surface area (Å²) in [5.74, 6) is -0.469. The topological polar surface area (TPSA) is 154 Å². The van der Waals surface area contributed by atoms with E-state index in [0.717, 1.165) is 60.8 Å². The molecule has 0 radical (unpaired) electrons. The van der Waals surface area contributed by atoms with Gasteiger partial charge < -0.3 is 35.0 Å². The number of carbonyl (C=O) groups excluding carboxylic acids is 2. The van der Waals surface area contributed by atoms with Gasteiger partial charge in [0.1, 0.15) is 63.6 Å². The molecule has 2 aliphatic rings. The molecule has 0 bridgehead atoms. The summed E-state index contributed by atoms with van der Waals surface area (Å²) in [5.41, 5.74) is 10.7. The van der Waals surface area contributed by atoms with Gasteiger partial charge in [0, 0.05) is 23.3 Å². The number of Topliss-reactive ketones (excluding diaryl/α,β-unsaturated/α-hetero) is 2. The molecule has 0 aromatic heterocycles. The number of phenolic OH excluding ortho intramolecular Hbond substituents is 5. The predicted molar refractivity (Wildman–Crippen MR) is 263 cm³/mol. The third-order valence-electron chi connectivity index (χ3n) is 12.1. The van der Waals surface area contributed by atoms with Gasteiger partial charge in [-0.2, -0.15) is 0 Å². The third-order valence-corrected chi connectivity index (χ3v) is 12.1. The first kappa shape index (κ1) is 50.5. The standard InChI is InChI=1S/C31H38O5.C26H30O4/c1-19(2)8-6-9-20(3)10-7-11-21(4)12-15-24-26(33)17-29-30(31(24)35)27(34)18-28(36-29)23-14-13-22(5)25(32)16-23;1-16(2)6-5-7-17(3)10-13-20-21(27)14-24-25(26(20)29)22(28)15-23(30-24)19-11-8-18(4)9-12-19/h8,10,12-14,16-17,28,32-33,35H,6-7,9,11,15,18H2,1-5H3;6,8-12,14,23,27,29H,5,7,13,15H2,1-4H3/b20-10+,21-12+;17-10+/t28-;23-/m00/s1. The zero-order chi connectivity index (χ0) is 48.2. The Balaban J connectivity index is 0.000000251. The molecule has 2 aliphatic heterocycles.